The summed E-state index contributed by atoms with van der Waals surface area (Å²) in [5.74, 6) is -5.28. The maximum atomic E-state index is 15.1. The average Bonchev–Trinajstić information content (AvgIpc) is 3.16. The van der Waals surface area contributed by atoms with Gasteiger partial charge in [0.25, 0.3) is 5.89 Å². The first-order chi connectivity index (χ1) is 13.4. The summed E-state index contributed by atoms with van der Waals surface area (Å²) in [4.78, 5) is 17.7. The van der Waals surface area contributed by atoms with Crippen LogP contribution in [0.5, 0.6) is 0 Å². The van der Waals surface area contributed by atoms with Crippen molar-refractivity contribution in [1.82, 2.24) is 4.98 Å². The lowest BCUT2D eigenvalue weighted by Gasteiger charge is -2.27. The number of para-hydroxylation sites is 2. The third-order valence-electron chi connectivity index (χ3n) is 5.24. The van der Waals surface area contributed by atoms with Crippen LogP contribution in [0.15, 0.2) is 46.9 Å². The topological polar surface area (TPSA) is 46.3 Å². The number of rotatable bonds is 3. The van der Waals surface area contributed by atoms with Crippen LogP contribution in [0.2, 0.25) is 0 Å². The van der Waals surface area contributed by atoms with Crippen LogP contribution in [0, 0.1) is 0 Å². The highest BCUT2D eigenvalue weighted by molar-refractivity contribution is 6.07. The van der Waals surface area contributed by atoms with Gasteiger partial charge in [-0.15, -0.1) is 0 Å². The molecule has 1 unspecified atom stereocenters. The number of halogens is 5. The number of amides is 1. The summed E-state index contributed by atoms with van der Waals surface area (Å²) in [6.45, 7) is 1.22. The summed E-state index contributed by atoms with van der Waals surface area (Å²) in [7, 11) is 1.34. The number of fused-ring (bicyclic) bond motifs is 2. The SMILES string of the molecule is CN1C(=O)C(C)(CC(F)(F)c2nc3ccccc3o2)c2cc(C(F)(F)F)ccc21. The van der Waals surface area contributed by atoms with Gasteiger partial charge < -0.3 is 9.32 Å². The predicted octanol–water partition coefficient (Wildman–Crippen LogP) is 5.26. The molecule has 0 spiro atoms. The second-order valence-electron chi connectivity index (χ2n) is 7.29. The van der Waals surface area contributed by atoms with Crippen LogP contribution < -0.4 is 4.90 Å². The Bertz CT molecular complexity index is 1090. The average molecular weight is 410 g/mol. The van der Waals surface area contributed by atoms with Crippen LogP contribution >= 0.6 is 0 Å². The molecule has 0 radical (unpaired) electrons. The Morgan fingerprint density at radius 2 is 1.79 bits per heavy atom. The molecule has 1 aromatic heterocycles. The maximum absolute atomic E-state index is 15.1. The molecule has 4 nitrogen and oxygen atoms in total. The fraction of sp³-hybridized carbons (Fsp3) is 0.300. The van der Waals surface area contributed by atoms with Gasteiger partial charge in [0, 0.05) is 19.2 Å². The van der Waals surface area contributed by atoms with Gasteiger partial charge in [0.2, 0.25) is 5.91 Å². The van der Waals surface area contributed by atoms with Crippen molar-refractivity contribution in [3.05, 3.63) is 59.5 Å². The molecule has 0 saturated carbocycles. The van der Waals surface area contributed by atoms with Crippen LogP contribution in [0.4, 0.5) is 27.6 Å². The van der Waals surface area contributed by atoms with Gasteiger partial charge in [-0.2, -0.15) is 22.0 Å². The van der Waals surface area contributed by atoms with Crippen molar-refractivity contribution in [1.29, 1.82) is 0 Å². The summed E-state index contributed by atoms with van der Waals surface area (Å²) in [5.41, 5.74) is -2.44. The van der Waals surface area contributed by atoms with Gasteiger partial charge in [-0.1, -0.05) is 12.1 Å². The molecule has 0 N–H and O–H groups in total. The molecule has 0 aliphatic carbocycles. The Balaban J connectivity index is 1.79. The largest absolute Gasteiger partial charge is 0.435 e. The molecule has 29 heavy (non-hydrogen) atoms. The summed E-state index contributed by atoms with van der Waals surface area (Å²) >= 11 is 0. The van der Waals surface area contributed by atoms with Crippen LogP contribution in [0.1, 0.15) is 30.4 Å². The summed E-state index contributed by atoms with van der Waals surface area (Å²) in [5, 5.41) is 0. The molecule has 0 saturated heterocycles. The van der Waals surface area contributed by atoms with Gasteiger partial charge in [0.1, 0.15) is 5.52 Å². The van der Waals surface area contributed by atoms with E-state index in [9.17, 15) is 18.0 Å². The minimum atomic E-state index is -4.66. The van der Waals surface area contributed by atoms with E-state index in [2.05, 4.69) is 4.98 Å². The number of anilines is 1. The van der Waals surface area contributed by atoms with Crippen molar-refractivity contribution >= 4 is 22.7 Å². The minimum absolute atomic E-state index is 0.101. The van der Waals surface area contributed by atoms with E-state index in [0.717, 1.165) is 23.1 Å². The Kier molecular flexibility index (Phi) is 4.01. The van der Waals surface area contributed by atoms with E-state index in [4.69, 9.17) is 4.42 Å². The van der Waals surface area contributed by atoms with Crippen LogP contribution in [0.25, 0.3) is 11.1 Å². The quantitative estimate of drug-likeness (QED) is 0.553. The van der Waals surface area contributed by atoms with E-state index in [1.54, 1.807) is 12.1 Å². The number of nitrogens with zero attached hydrogens (tertiary/aromatic N) is 2. The number of carbonyl (C=O) groups excluding carboxylic acids is 1. The third kappa shape index (κ3) is 2.95. The second-order valence-corrected chi connectivity index (χ2v) is 7.29. The van der Waals surface area contributed by atoms with Gasteiger partial charge in [-0.25, -0.2) is 4.98 Å². The Morgan fingerprint density at radius 3 is 2.45 bits per heavy atom. The van der Waals surface area contributed by atoms with Crippen molar-refractivity contribution in [3.8, 4) is 0 Å². The van der Waals surface area contributed by atoms with E-state index < -0.39 is 41.3 Å². The Labute approximate surface area is 161 Å². The zero-order chi connectivity index (χ0) is 21.2. The van der Waals surface area contributed by atoms with Crippen LogP contribution in [-0.2, 0) is 22.3 Å². The molecule has 152 valence electrons. The summed E-state index contributed by atoms with van der Waals surface area (Å²) in [6.07, 6.45) is -5.74. The van der Waals surface area contributed by atoms with Crippen molar-refractivity contribution in [2.24, 2.45) is 0 Å². The van der Waals surface area contributed by atoms with E-state index in [1.165, 1.54) is 26.1 Å². The monoisotopic (exact) mass is 410 g/mol. The van der Waals surface area contributed by atoms with Gasteiger partial charge >= 0.3 is 12.1 Å². The van der Waals surface area contributed by atoms with Crippen molar-refractivity contribution in [2.45, 2.75) is 30.9 Å². The number of aromatic nitrogens is 1. The van der Waals surface area contributed by atoms with Crippen LogP contribution in [-0.4, -0.2) is 17.9 Å². The van der Waals surface area contributed by atoms with E-state index in [-0.39, 0.29) is 22.4 Å². The van der Waals surface area contributed by atoms with Crippen molar-refractivity contribution in [3.63, 3.8) is 0 Å². The third-order valence-corrected chi connectivity index (χ3v) is 5.24. The van der Waals surface area contributed by atoms with E-state index in [1.807, 2.05) is 0 Å². The maximum Gasteiger partial charge on any atom is 0.416 e. The van der Waals surface area contributed by atoms with E-state index in [0.29, 0.717) is 0 Å². The van der Waals surface area contributed by atoms with E-state index >= 15 is 8.78 Å². The number of likely N-dealkylation sites (N-methyl/N-ethyl adjacent to an activating group) is 1. The normalized spacial score (nSPS) is 19.8. The summed E-state index contributed by atoms with van der Waals surface area (Å²) in [6, 6.07) is 8.90. The first-order valence-corrected chi connectivity index (χ1v) is 8.67. The fourth-order valence-electron chi connectivity index (χ4n) is 3.76. The zero-order valence-corrected chi connectivity index (χ0v) is 15.3. The standard InChI is InChI=1S/C20H15F5N2O2/c1-18(10-19(21,22)16-26-13-5-3-4-6-15(13)29-16)12-9-11(20(23,24)25)7-8-14(12)27(2)17(18)28/h3-9H,10H2,1-2H3. The zero-order valence-electron chi connectivity index (χ0n) is 15.3. The molecule has 1 atom stereocenters. The summed E-state index contributed by atoms with van der Waals surface area (Å²) < 4.78 is 74.7. The molecular formula is C20H15F5N2O2. The molecule has 0 fully saturated rings. The predicted molar refractivity (Wildman–Crippen MR) is 94.7 cm³/mol. The van der Waals surface area contributed by atoms with Gasteiger partial charge in [-0.05, 0) is 42.8 Å². The molecule has 3 aromatic rings. The molecule has 2 heterocycles. The number of benzene rings is 2. The Morgan fingerprint density at radius 1 is 1.10 bits per heavy atom. The minimum Gasteiger partial charge on any atom is -0.435 e. The molecule has 4 rings (SSSR count). The molecule has 1 amide bonds. The van der Waals surface area contributed by atoms with Gasteiger partial charge in [-0.3, -0.25) is 4.79 Å². The molecule has 2 aromatic carbocycles. The number of alkyl halides is 5. The lowest BCUT2D eigenvalue weighted by Crippen LogP contribution is -2.40. The fourth-order valence-corrected chi connectivity index (χ4v) is 3.76. The highest BCUT2D eigenvalue weighted by Crippen LogP contribution is 2.50. The number of hydrogen-bond donors (Lipinski definition) is 0. The highest BCUT2D eigenvalue weighted by Gasteiger charge is 2.54. The van der Waals surface area contributed by atoms with Gasteiger partial charge in [0.15, 0.2) is 5.58 Å². The van der Waals surface area contributed by atoms with Crippen LogP contribution in [0.3, 0.4) is 0 Å². The van der Waals surface area contributed by atoms with Crippen molar-refractivity contribution in [2.75, 3.05) is 11.9 Å². The highest BCUT2D eigenvalue weighted by atomic mass is 19.4. The lowest BCUT2D eigenvalue weighted by molar-refractivity contribution is -0.137. The van der Waals surface area contributed by atoms with Gasteiger partial charge in [0.05, 0.1) is 11.0 Å². The first-order valence-electron chi connectivity index (χ1n) is 8.67. The molecule has 1 aliphatic heterocycles. The number of oxazole rings is 1. The number of carbonyl (C=O) groups is 1. The second kappa shape index (κ2) is 6.01. The molecular weight excluding hydrogens is 395 g/mol. The molecule has 9 heteroatoms. The molecule has 0 bridgehead atoms. The smallest absolute Gasteiger partial charge is 0.416 e. The first kappa shape index (κ1) is 19.4. The molecule has 1 aliphatic rings. The van der Waals surface area contributed by atoms with Crippen molar-refractivity contribution < 1.29 is 31.2 Å². The number of hydrogen-bond acceptors (Lipinski definition) is 3. The lowest BCUT2D eigenvalue weighted by atomic mass is 9.78. The Hall–Kier alpha value is -2.97.